The first-order valence-corrected chi connectivity index (χ1v) is 14.2. The summed E-state index contributed by atoms with van der Waals surface area (Å²) in [5.41, 5.74) is -0.874. The fourth-order valence-corrected chi connectivity index (χ4v) is 4.56. The minimum Gasteiger partial charge on any atom is -0.474 e. The summed E-state index contributed by atoms with van der Waals surface area (Å²) in [5.74, 6) is -1.17. The maximum Gasteiger partial charge on any atom is 0.410 e. The Kier molecular flexibility index (Phi) is 9.58. The number of carbonyl (C=O) groups is 1. The van der Waals surface area contributed by atoms with E-state index in [1.54, 1.807) is 40.1 Å². The molecule has 0 aliphatic carbocycles. The highest BCUT2D eigenvalue weighted by atomic mass is 32.2. The van der Waals surface area contributed by atoms with E-state index < -0.39 is 29.4 Å². The number of benzene rings is 1. The molecule has 3 aromatic rings. The van der Waals surface area contributed by atoms with Crippen LogP contribution in [0.2, 0.25) is 0 Å². The zero-order chi connectivity index (χ0) is 29.1. The second-order valence-corrected chi connectivity index (χ2v) is 10.8. The quantitative estimate of drug-likeness (QED) is 0.276. The Morgan fingerprint density at radius 1 is 1.15 bits per heavy atom. The lowest BCUT2D eigenvalue weighted by molar-refractivity contribution is 0.0109. The van der Waals surface area contributed by atoms with Gasteiger partial charge >= 0.3 is 6.09 Å². The number of hydrogen-bond donors (Lipinski definition) is 1. The Morgan fingerprint density at radius 2 is 1.82 bits per heavy atom. The molecular formula is C28H37F2N5O3S. The first-order chi connectivity index (χ1) is 18.4. The minimum atomic E-state index is -0.768. The van der Waals surface area contributed by atoms with Crippen LogP contribution in [0, 0.1) is 17.6 Å². The average molecular weight is 562 g/mol. The Hall–Kier alpha value is -3.21. The highest BCUT2D eigenvalue weighted by Gasteiger charge is 2.35. The number of nitrogens with zero attached hydrogens (tertiary/aromatic N) is 4. The predicted octanol–water partition coefficient (Wildman–Crippen LogP) is 6.78. The number of rotatable bonds is 3. The number of ether oxygens (including phenoxy) is 2. The summed E-state index contributed by atoms with van der Waals surface area (Å²) in [7, 11) is 1.67. The molecule has 1 aromatic carbocycles. The van der Waals surface area contributed by atoms with Crippen LogP contribution in [0.15, 0.2) is 29.4 Å². The van der Waals surface area contributed by atoms with Crippen molar-refractivity contribution in [1.82, 2.24) is 19.9 Å². The lowest BCUT2D eigenvalue weighted by Crippen LogP contribution is -2.50. The van der Waals surface area contributed by atoms with Crippen LogP contribution >= 0.6 is 11.8 Å². The second kappa shape index (κ2) is 12.3. The third kappa shape index (κ3) is 6.51. The molecule has 1 amide bonds. The largest absolute Gasteiger partial charge is 0.474 e. The summed E-state index contributed by atoms with van der Waals surface area (Å²) in [6, 6.07) is 5.48. The highest BCUT2D eigenvalue weighted by Crippen LogP contribution is 2.39. The first kappa shape index (κ1) is 30.3. The lowest BCUT2D eigenvalue weighted by Gasteiger charge is -2.36. The zero-order valence-electron chi connectivity index (χ0n) is 23.9. The Balaban J connectivity index is 0.00000205. The summed E-state index contributed by atoms with van der Waals surface area (Å²) in [4.78, 5) is 27.8. The molecule has 3 heterocycles. The van der Waals surface area contributed by atoms with Gasteiger partial charge in [-0.3, -0.25) is 0 Å². The molecule has 3 atom stereocenters. The van der Waals surface area contributed by atoms with E-state index >= 15 is 4.39 Å². The summed E-state index contributed by atoms with van der Waals surface area (Å²) in [6.45, 7) is 13.5. The summed E-state index contributed by atoms with van der Waals surface area (Å²) >= 11 is 1.24. The number of nitrogens with one attached hydrogen (secondary N) is 1. The molecule has 3 unspecified atom stereocenters. The van der Waals surface area contributed by atoms with Crippen molar-refractivity contribution in [2.75, 3.05) is 25.2 Å². The molecule has 39 heavy (non-hydrogen) atoms. The monoisotopic (exact) mass is 561 g/mol. The van der Waals surface area contributed by atoms with Gasteiger partial charge in [0.2, 0.25) is 5.88 Å². The maximum absolute atomic E-state index is 15.9. The van der Waals surface area contributed by atoms with Gasteiger partial charge in [-0.25, -0.2) is 28.5 Å². The smallest absolute Gasteiger partial charge is 0.410 e. The van der Waals surface area contributed by atoms with E-state index in [0.29, 0.717) is 17.5 Å². The number of carbonyl (C=O) groups excluding carboxylic acids is 1. The number of anilines is 1. The van der Waals surface area contributed by atoms with Crippen molar-refractivity contribution in [3.8, 4) is 17.1 Å². The zero-order valence-corrected chi connectivity index (χ0v) is 24.7. The van der Waals surface area contributed by atoms with Gasteiger partial charge in [0, 0.05) is 25.1 Å². The molecule has 0 saturated heterocycles. The van der Waals surface area contributed by atoms with Crippen molar-refractivity contribution >= 4 is 34.6 Å². The van der Waals surface area contributed by atoms with E-state index in [1.165, 1.54) is 34.9 Å². The number of hydrogen-bond acceptors (Lipinski definition) is 8. The molecule has 4 rings (SSSR count). The van der Waals surface area contributed by atoms with Gasteiger partial charge in [-0.15, -0.1) is 0 Å². The minimum absolute atomic E-state index is 0.00341. The van der Waals surface area contributed by atoms with Gasteiger partial charge in [0.15, 0.2) is 11.0 Å². The number of likely N-dealkylation sites (N-methyl/N-ethyl adjacent to an activating group) is 1. The number of aromatic nitrogens is 3. The van der Waals surface area contributed by atoms with Crippen LogP contribution in [0.25, 0.3) is 22.2 Å². The van der Waals surface area contributed by atoms with Crippen LogP contribution in [0.4, 0.5) is 19.4 Å². The Bertz CT molecular complexity index is 1330. The number of thioether (sulfide) groups is 1. The number of amides is 1. The normalized spacial score (nSPS) is 18.9. The third-order valence-electron chi connectivity index (χ3n) is 6.35. The standard InChI is InChI=1S/C26H31F2N5O3S.C2H6/c1-13-14(2)35-23-18-21(19(28)20(30-23)15-10-8-9-11-16(15)27)31-24(37-7)32-22(18)29-12-17(13)33(6)25(34)36-26(3,4)5;1-2/h8-11,13-14,17H,12H2,1-7H3,(H,29,31,32);1-2H3. The number of pyridine rings is 1. The van der Waals surface area contributed by atoms with Gasteiger partial charge in [0.25, 0.3) is 0 Å². The molecule has 2 aromatic heterocycles. The molecule has 212 valence electrons. The van der Waals surface area contributed by atoms with Gasteiger partial charge in [-0.05, 0) is 46.1 Å². The molecule has 0 saturated carbocycles. The molecule has 0 spiro atoms. The predicted molar refractivity (Wildman–Crippen MR) is 151 cm³/mol. The molecule has 11 heteroatoms. The van der Waals surface area contributed by atoms with Crippen LogP contribution in [-0.2, 0) is 4.74 Å². The van der Waals surface area contributed by atoms with Crippen molar-refractivity contribution < 1.29 is 23.0 Å². The van der Waals surface area contributed by atoms with Crippen molar-refractivity contribution in [2.45, 2.75) is 71.4 Å². The van der Waals surface area contributed by atoms with Crippen LogP contribution in [0.1, 0.15) is 48.5 Å². The molecule has 1 aliphatic heterocycles. The Morgan fingerprint density at radius 3 is 2.44 bits per heavy atom. The SMILES string of the molecule is CC.CSc1nc2c3c(nc(-c4ccccc4F)c(F)c3n1)OC(C)C(C)C(N(C)C(=O)OC(C)(C)C)CN2. The van der Waals surface area contributed by atoms with E-state index in [0.717, 1.165) is 0 Å². The summed E-state index contributed by atoms with van der Waals surface area (Å²) in [6.07, 6.45) is 0.844. The number of halogens is 2. The van der Waals surface area contributed by atoms with Crippen LogP contribution in [0.5, 0.6) is 5.88 Å². The van der Waals surface area contributed by atoms with Crippen molar-refractivity contribution in [3.63, 3.8) is 0 Å². The van der Waals surface area contributed by atoms with Gasteiger partial charge in [0.1, 0.15) is 39.9 Å². The molecule has 0 fully saturated rings. The second-order valence-electron chi connectivity index (χ2n) is 10.1. The van der Waals surface area contributed by atoms with Crippen LogP contribution in [-0.4, -0.2) is 63.5 Å². The molecule has 1 N–H and O–H groups in total. The van der Waals surface area contributed by atoms with Crippen molar-refractivity contribution in [3.05, 3.63) is 35.9 Å². The maximum atomic E-state index is 15.9. The fourth-order valence-electron chi connectivity index (χ4n) is 4.20. The van der Waals surface area contributed by atoms with Gasteiger partial charge in [0.05, 0.1) is 6.04 Å². The van der Waals surface area contributed by atoms with Crippen molar-refractivity contribution in [2.24, 2.45) is 5.92 Å². The molecule has 1 aliphatic rings. The van der Waals surface area contributed by atoms with E-state index in [-0.39, 0.29) is 40.0 Å². The summed E-state index contributed by atoms with van der Waals surface area (Å²) in [5, 5.41) is 3.85. The fraction of sp³-hybridized carbons (Fsp3) is 0.500. The van der Waals surface area contributed by atoms with E-state index in [9.17, 15) is 9.18 Å². The Labute approximate surface area is 232 Å². The van der Waals surface area contributed by atoms with Gasteiger partial charge < -0.3 is 19.7 Å². The van der Waals surface area contributed by atoms with Crippen LogP contribution in [0.3, 0.4) is 0 Å². The van der Waals surface area contributed by atoms with E-state index in [1.807, 2.05) is 27.7 Å². The first-order valence-electron chi connectivity index (χ1n) is 13.0. The molecular weight excluding hydrogens is 524 g/mol. The third-order valence-corrected chi connectivity index (χ3v) is 6.89. The molecule has 0 radical (unpaired) electrons. The topological polar surface area (TPSA) is 89.5 Å². The van der Waals surface area contributed by atoms with Gasteiger partial charge in [-0.2, -0.15) is 0 Å². The average Bonchev–Trinajstić information content (AvgIpc) is 2.94. The molecule has 0 bridgehead atoms. The molecule has 8 nitrogen and oxygen atoms in total. The highest BCUT2D eigenvalue weighted by molar-refractivity contribution is 7.98. The van der Waals surface area contributed by atoms with E-state index in [2.05, 4.69) is 20.3 Å². The van der Waals surface area contributed by atoms with Crippen molar-refractivity contribution in [1.29, 1.82) is 0 Å². The van der Waals surface area contributed by atoms with Crippen LogP contribution < -0.4 is 10.1 Å². The van der Waals surface area contributed by atoms with E-state index in [4.69, 9.17) is 9.47 Å². The summed E-state index contributed by atoms with van der Waals surface area (Å²) < 4.78 is 42.4. The lowest BCUT2D eigenvalue weighted by atomic mass is 9.95. The van der Waals surface area contributed by atoms with Gasteiger partial charge in [-0.1, -0.05) is 44.7 Å².